The van der Waals surface area contributed by atoms with Crippen LogP contribution in [0.1, 0.15) is 38.7 Å². The number of methoxy groups -OCH3 is 2. The minimum Gasteiger partial charge on any atom is -0.468 e. The second-order valence-electron chi connectivity index (χ2n) is 9.27. The summed E-state index contributed by atoms with van der Waals surface area (Å²) < 4.78 is 11.4. The number of aliphatic hydroxyl groups is 1. The Balaban J connectivity index is 1.81. The van der Waals surface area contributed by atoms with E-state index >= 15 is 0 Å². The van der Waals surface area contributed by atoms with Gasteiger partial charge in [0, 0.05) is 18.9 Å². The number of hydrogen-bond donors (Lipinski definition) is 1. The largest absolute Gasteiger partial charge is 0.468 e. The molecule has 0 aliphatic heterocycles. The molecular weight excluding hydrogens is 316 g/mol. The van der Waals surface area contributed by atoms with Gasteiger partial charge in [-0.1, -0.05) is 44.2 Å². The van der Waals surface area contributed by atoms with E-state index in [0.29, 0.717) is 0 Å². The topological polar surface area (TPSA) is 55.8 Å². The molecule has 5 aliphatic rings. The lowest BCUT2D eigenvalue weighted by Gasteiger charge is -2.56. The van der Waals surface area contributed by atoms with E-state index < -0.39 is 16.6 Å². The molecule has 0 unspecified atom stereocenters. The Morgan fingerprint density at radius 1 is 1.12 bits per heavy atom. The first-order valence-electron chi connectivity index (χ1n) is 9.21. The van der Waals surface area contributed by atoms with Crippen LogP contribution in [-0.2, 0) is 19.9 Å². The molecule has 4 heteroatoms. The Morgan fingerprint density at radius 2 is 1.76 bits per heavy atom. The van der Waals surface area contributed by atoms with Crippen LogP contribution in [0, 0.1) is 28.1 Å². The monoisotopic (exact) mass is 342 g/mol. The van der Waals surface area contributed by atoms with Crippen LogP contribution in [0.4, 0.5) is 0 Å². The normalized spacial score (nSPS) is 46.8. The van der Waals surface area contributed by atoms with E-state index in [1.807, 2.05) is 30.3 Å². The molecule has 5 saturated carbocycles. The zero-order valence-corrected chi connectivity index (χ0v) is 15.3. The summed E-state index contributed by atoms with van der Waals surface area (Å²) in [5.74, 6) is -0.381. The molecule has 1 spiro atoms. The van der Waals surface area contributed by atoms with Crippen LogP contribution in [0.5, 0.6) is 0 Å². The van der Waals surface area contributed by atoms with Crippen molar-refractivity contribution in [3.05, 3.63) is 35.9 Å². The average Bonchev–Trinajstić information content (AvgIpc) is 3.46. The van der Waals surface area contributed by atoms with Crippen LogP contribution in [-0.4, -0.2) is 30.9 Å². The molecule has 6 rings (SSSR count). The van der Waals surface area contributed by atoms with Crippen molar-refractivity contribution >= 4 is 5.97 Å². The Bertz CT molecular complexity index is 767. The van der Waals surface area contributed by atoms with Crippen molar-refractivity contribution in [1.82, 2.24) is 0 Å². The summed E-state index contributed by atoms with van der Waals surface area (Å²) in [6, 6.07) is 9.89. The van der Waals surface area contributed by atoms with Crippen molar-refractivity contribution in [3.63, 3.8) is 0 Å². The van der Waals surface area contributed by atoms with Gasteiger partial charge in [0.15, 0.2) is 0 Å². The third-order valence-electron chi connectivity index (χ3n) is 8.10. The highest BCUT2D eigenvalue weighted by Crippen LogP contribution is 2.98. The fourth-order valence-electron chi connectivity index (χ4n) is 7.94. The number of ether oxygens (including phenoxy) is 2. The summed E-state index contributed by atoms with van der Waals surface area (Å²) in [5.41, 5.74) is -1.78. The number of hydrogen-bond acceptors (Lipinski definition) is 4. The van der Waals surface area contributed by atoms with Crippen LogP contribution in [0.25, 0.3) is 0 Å². The molecule has 0 radical (unpaired) electrons. The summed E-state index contributed by atoms with van der Waals surface area (Å²) in [4.78, 5) is 13.1. The predicted molar refractivity (Wildman–Crippen MR) is 91.6 cm³/mol. The van der Waals surface area contributed by atoms with E-state index in [-0.39, 0.29) is 28.6 Å². The van der Waals surface area contributed by atoms with Gasteiger partial charge in [-0.3, -0.25) is 4.79 Å². The van der Waals surface area contributed by atoms with Gasteiger partial charge in [0.1, 0.15) is 11.0 Å². The van der Waals surface area contributed by atoms with Gasteiger partial charge in [0.05, 0.1) is 12.7 Å². The maximum Gasteiger partial charge on any atom is 0.315 e. The number of esters is 1. The van der Waals surface area contributed by atoms with E-state index in [2.05, 4.69) is 13.8 Å². The van der Waals surface area contributed by atoms with Gasteiger partial charge in [-0.2, -0.15) is 0 Å². The van der Waals surface area contributed by atoms with Crippen LogP contribution < -0.4 is 0 Å². The van der Waals surface area contributed by atoms with E-state index in [1.165, 1.54) is 7.11 Å². The van der Waals surface area contributed by atoms with Gasteiger partial charge in [-0.05, 0) is 35.7 Å². The van der Waals surface area contributed by atoms with Gasteiger partial charge < -0.3 is 14.6 Å². The molecular formula is C21H26O4. The maximum atomic E-state index is 13.1. The molecule has 4 nitrogen and oxygen atoms in total. The Hall–Kier alpha value is -1.39. The summed E-state index contributed by atoms with van der Waals surface area (Å²) in [6.07, 6.45) is 2.72. The summed E-state index contributed by atoms with van der Waals surface area (Å²) >= 11 is 0. The Kier molecular flexibility index (Phi) is 2.61. The number of rotatable bonds is 3. The summed E-state index contributed by atoms with van der Waals surface area (Å²) in [7, 11) is 3.16. The van der Waals surface area contributed by atoms with Gasteiger partial charge in [-0.15, -0.1) is 0 Å². The van der Waals surface area contributed by atoms with Crippen LogP contribution in [0.2, 0.25) is 0 Å². The quantitative estimate of drug-likeness (QED) is 0.858. The van der Waals surface area contributed by atoms with Crippen LogP contribution in [0.15, 0.2) is 30.3 Å². The maximum absolute atomic E-state index is 13.1. The van der Waals surface area contributed by atoms with Crippen molar-refractivity contribution in [2.24, 2.45) is 28.1 Å². The molecule has 134 valence electrons. The molecule has 0 aromatic heterocycles. The fourth-order valence-corrected chi connectivity index (χ4v) is 7.94. The zero-order valence-electron chi connectivity index (χ0n) is 15.3. The first-order valence-corrected chi connectivity index (χ1v) is 9.21. The highest BCUT2D eigenvalue weighted by molar-refractivity contribution is 5.89. The number of benzene rings is 1. The molecule has 1 aromatic carbocycles. The van der Waals surface area contributed by atoms with Gasteiger partial charge in [-0.25, -0.2) is 0 Å². The second-order valence-corrected chi connectivity index (χ2v) is 9.27. The van der Waals surface area contributed by atoms with Crippen LogP contribution in [0.3, 0.4) is 0 Å². The molecule has 4 bridgehead atoms. The third kappa shape index (κ3) is 1.28. The first-order chi connectivity index (χ1) is 11.8. The molecule has 25 heavy (non-hydrogen) atoms. The standard InChI is InChI=1S/C21H26O4/c1-17(2)12-19(25-4)15-20(23,13-8-6-5-7-9-13)14(17)18(10-11-18)21(15,19)16(22)24-3/h5-9,14-15,23H,10-12H2,1-4H3/t14-,15-,19+,20-,21+/m1/s1. The van der Waals surface area contributed by atoms with Crippen molar-refractivity contribution in [2.45, 2.75) is 44.3 Å². The smallest absolute Gasteiger partial charge is 0.315 e. The number of carbonyl (C=O) groups excluding carboxylic acids is 1. The number of carbonyl (C=O) groups is 1. The van der Waals surface area contributed by atoms with Gasteiger partial charge >= 0.3 is 5.97 Å². The van der Waals surface area contributed by atoms with E-state index in [0.717, 1.165) is 24.8 Å². The number of fused-ring (bicyclic) bond motifs is 1. The molecule has 0 saturated heterocycles. The third-order valence-corrected chi connectivity index (χ3v) is 8.10. The highest BCUT2D eigenvalue weighted by atomic mass is 16.5. The van der Waals surface area contributed by atoms with Crippen molar-refractivity contribution in [2.75, 3.05) is 14.2 Å². The van der Waals surface area contributed by atoms with Gasteiger partial charge in [0.25, 0.3) is 0 Å². The summed E-state index contributed by atoms with van der Waals surface area (Å²) in [6.45, 7) is 4.45. The lowest BCUT2D eigenvalue weighted by atomic mass is 9.51. The van der Waals surface area contributed by atoms with Crippen molar-refractivity contribution in [3.8, 4) is 0 Å². The first kappa shape index (κ1) is 15.8. The zero-order chi connectivity index (χ0) is 17.9. The summed E-state index contributed by atoms with van der Waals surface area (Å²) in [5, 5.41) is 12.2. The lowest BCUT2D eigenvalue weighted by Crippen LogP contribution is -2.59. The minimum atomic E-state index is -1.05. The van der Waals surface area contributed by atoms with E-state index in [4.69, 9.17) is 9.47 Å². The van der Waals surface area contributed by atoms with E-state index in [9.17, 15) is 9.90 Å². The molecule has 0 heterocycles. The molecule has 5 fully saturated rings. The second kappa shape index (κ2) is 4.12. The minimum absolute atomic E-state index is 0.0380. The molecule has 1 aromatic rings. The fraction of sp³-hybridized carbons (Fsp3) is 0.667. The highest BCUT2D eigenvalue weighted by Gasteiger charge is 3.04. The van der Waals surface area contributed by atoms with Crippen molar-refractivity contribution in [1.29, 1.82) is 0 Å². The van der Waals surface area contributed by atoms with Crippen molar-refractivity contribution < 1.29 is 19.4 Å². The Morgan fingerprint density at radius 3 is 2.28 bits per heavy atom. The Labute approximate surface area is 148 Å². The molecule has 1 N–H and O–H groups in total. The van der Waals surface area contributed by atoms with Gasteiger partial charge in [0.2, 0.25) is 0 Å². The molecule has 5 aliphatic carbocycles. The molecule has 0 amide bonds. The molecule has 5 atom stereocenters. The average molecular weight is 342 g/mol. The SMILES string of the molecule is COC(=O)[C@]12[C@H]3[C@@](O)(c4ccccc4)[C@H](C(C)(C)C[C@]31OC)C21CC1. The lowest BCUT2D eigenvalue weighted by molar-refractivity contribution is -0.202. The predicted octanol–water partition coefficient (Wildman–Crippen LogP) is 2.89. The van der Waals surface area contributed by atoms with E-state index in [1.54, 1.807) is 7.11 Å². The van der Waals surface area contributed by atoms with Crippen LogP contribution >= 0.6 is 0 Å².